The molecule has 2 aromatic carbocycles. The lowest BCUT2D eigenvalue weighted by Crippen LogP contribution is -2.41. The molecule has 0 aliphatic carbocycles. The second-order valence-corrected chi connectivity index (χ2v) is 7.78. The molecule has 0 saturated heterocycles. The third-order valence-corrected chi connectivity index (χ3v) is 6.03. The first kappa shape index (κ1) is 20.5. The van der Waals surface area contributed by atoms with Crippen molar-refractivity contribution in [2.45, 2.75) is 38.3 Å². The fourth-order valence-electron chi connectivity index (χ4n) is 4.53. The molecule has 2 aliphatic rings. The predicted molar refractivity (Wildman–Crippen MR) is 117 cm³/mol. The second kappa shape index (κ2) is 8.56. The summed E-state index contributed by atoms with van der Waals surface area (Å²) in [5.41, 5.74) is 0.675. The maximum Gasteiger partial charge on any atom is 0.271 e. The van der Waals surface area contributed by atoms with Crippen LogP contribution in [0.1, 0.15) is 38.2 Å². The Balaban J connectivity index is 1.79. The van der Waals surface area contributed by atoms with Crippen LogP contribution in [0.25, 0.3) is 0 Å². The molecule has 160 valence electrons. The summed E-state index contributed by atoms with van der Waals surface area (Å²) in [5.74, 6) is 3.48. The minimum absolute atomic E-state index is 0.430. The van der Waals surface area contributed by atoms with E-state index in [2.05, 4.69) is 9.48 Å². The van der Waals surface area contributed by atoms with Gasteiger partial charge in [0, 0.05) is 18.1 Å². The average Bonchev–Trinajstić information content (AvgIpc) is 2.92. The Morgan fingerprint density at radius 1 is 1.00 bits per heavy atom. The van der Waals surface area contributed by atoms with Crippen molar-refractivity contribution in [3.63, 3.8) is 0 Å². The average molecular weight is 412 g/mol. The molecule has 0 fully saturated rings. The van der Waals surface area contributed by atoms with Crippen LogP contribution in [0.2, 0.25) is 0 Å². The summed E-state index contributed by atoms with van der Waals surface area (Å²) >= 11 is 0. The van der Waals surface area contributed by atoms with Gasteiger partial charge in [0.1, 0.15) is 11.5 Å². The van der Waals surface area contributed by atoms with Crippen LogP contribution < -0.4 is 19.1 Å². The van der Waals surface area contributed by atoms with Gasteiger partial charge in [-0.25, -0.2) is 9.48 Å². The lowest BCUT2D eigenvalue weighted by atomic mass is 10.0. The highest BCUT2D eigenvalue weighted by Crippen LogP contribution is 2.40. The highest BCUT2D eigenvalue weighted by molar-refractivity contribution is 5.97. The molecule has 4 rings (SSSR count). The van der Waals surface area contributed by atoms with Crippen molar-refractivity contribution in [1.29, 1.82) is 0 Å². The topological polar surface area (TPSA) is 54.2 Å². The molecule has 0 unspecified atom stereocenters. The van der Waals surface area contributed by atoms with Crippen molar-refractivity contribution in [1.82, 2.24) is 0 Å². The number of hydrogen-bond acceptors (Lipinski definition) is 5. The van der Waals surface area contributed by atoms with Crippen molar-refractivity contribution in [3.8, 4) is 17.2 Å². The van der Waals surface area contributed by atoms with Crippen molar-refractivity contribution in [2.24, 2.45) is 0 Å². The Morgan fingerprint density at radius 2 is 1.77 bits per heavy atom. The smallest absolute Gasteiger partial charge is 0.271 e. The summed E-state index contributed by atoms with van der Waals surface area (Å²) in [5, 5.41) is 12.0. The van der Waals surface area contributed by atoms with Crippen molar-refractivity contribution >= 4 is 11.5 Å². The molecular weight excluding hydrogens is 380 g/mol. The Hall–Kier alpha value is -2.73. The standard InChI is InChI=1S/C24H31N2O4/c1-4-30-19-11-9-18(10-12-19)24(27)17-25(23-8-6-5-7-15-26(23)24)21-16-20(28-2)13-14-22(21)29-3/h9-14,16,27H,4-8,15,17H2,1-3H3/q+1/t24-/m1/s1. The number of rotatable bonds is 6. The molecule has 2 heterocycles. The summed E-state index contributed by atoms with van der Waals surface area (Å²) < 4.78 is 18.9. The van der Waals surface area contributed by atoms with E-state index in [9.17, 15) is 5.11 Å². The number of nitrogens with zero attached hydrogens (tertiary/aromatic N) is 2. The third-order valence-electron chi connectivity index (χ3n) is 6.03. The van der Waals surface area contributed by atoms with Gasteiger partial charge < -0.3 is 19.3 Å². The van der Waals surface area contributed by atoms with Gasteiger partial charge in [0.25, 0.3) is 11.6 Å². The molecule has 1 atom stereocenters. The maximum absolute atomic E-state index is 12.0. The first-order chi connectivity index (χ1) is 14.6. The van der Waals surface area contributed by atoms with Crippen LogP contribution in [-0.2, 0) is 5.72 Å². The number of aliphatic hydroxyl groups is 1. The van der Waals surface area contributed by atoms with Gasteiger partial charge in [-0.3, -0.25) is 0 Å². The van der Waals surface area contributed by atoms with E-state index >= 15 is 0 Å². The normalized spacial score (nSPS) is 21.3. The number of methoxy groups -OCH3 is 2. The molecule has 0 saturated carbocycles. The van der Waals surface area contributed by atoms with E-state index < -0.39 is 5.72 Å². The molecule has 2 aliphatic heterocycles. The number of hydrogen-bond donors (Lipinski definition) is 1. The highest BCUT2D eigenvalue weighted by atomic mass is 16.5. The number of amidine groups is 1. The first-order valence-corrected chi connectivity index (χ1v) is 10.7. The Morgan fingerprint density at radius 3 is 2.47 bits per heavy atom. The van der Waals surface area contributed by atoms with E-state index in [4.69, 9.17) is 14.2 Å². The van der Waals surface area contributed by atoms with Gasteiger partial charge >= 0.3 is 0 Å². The molecule has 0 amide bonds. The van der Waals surface area contributed by atoms with E-state index in [1.165, 1.54) is 0 Å². The van der Waals surface area contributed by atoms with Crippen LogP contribution in [0.15, 0.2) is 42.5 Å². The van der Waals surface area contributed by atoms with E-state index in [0.29, 0.717) is 13.2 Å². The summed E-state index contributed by atoms with van der Waals surface area (Å²) in [6.45, 7) is 3.84. The van der Waals surface area contributed by atoms with Crippen molar-refractivity contribution < 1.29 is 23.9 Å². The molecule has 1 N–H and O–H groups in total. The Labute approximate surface area is 178 Å². The number of anilines is 1. The highest BCUT2D eigenvalue weighted by Gasteiger charge is 2.52. The zero-order valence-corrected chi connectivity index (χ0v) is 18.1. The molecule has 0 spiro atoms. The largest absolute Gasteiger partial charge is 0.497 e. The number of β-amino-alcohol motifs (C(OH)–C–C–N with tert-alkyl or cyclic N) is 1. The van der Waals surface area contributed by atoms with Gasteiger partial charge in [0.2, 0.25) is 0 Å². The van der Waals surface area contributed by atoms with Gasteiger partial charge in [0.05, 0.1) is 27.4 Å². The molecule has 0 radical (unpaired) electrons. The fraction of sp³-hybridized carbons (Fsp3) is 0.458. The van der Waals surface area contributed by atoms with E-state index in [-0.39, 0.29) is 0 Å². The van der Waals surface area contributed by atoms with Gasteiger partial charge in [-0.2, -0.15) is 0 Å². The number of ether oxygens (including phenoxy) is 3. The van der Waals surface area contributed by atoms with Crippen molar-refractivity contribution in [3.05, 3.63) is 48.0 Å². The monoisotopic (exact) mass is 411 g/mol. The number of benzene rings is 2. The minimum atomic E-state index is -1.11. The zero-order valence-electron chi connectivity index (χ0n) is 18.1. The molecule has 2 aromatic rings. The van der Waals surface area contributed by atoms with Crippen molar-refractivity contribution in [2.75, 3.05) is 38.8 Å². The van der Waals surface area contributed by atoms with Crippen LogP contribution in [0.3, 0.4) is 0 Å². The molecule has 30 heavy (non-hydrogen) atoms. The van der Waals surface area contributed by atoms with Gasteiger partial charge in [-0.15, -0.1) is 0 Å². The Kier molecular flexibility index (Phi) is 5.86. The van der Waals surface area contributed by atoms with Crippen LogP contribution in [0, 0.1) is 0 Å². The predicted octanol–water partition coefficient (Wildman–Crippen LogP) is 3.75. The maximum atomic E-state index is 12.0. The quantitative estimate of drug-likeness (QED) is 0.734. The SMILES string of the molecule is CCOc1ccc([C@]2(O)CN(c3cc(OC)ccc3OC)C3=[N+]2CCCCC3)cc1. The zero-order chi connectivity index (χ0) is 21.1. The van der Waals surface area contributed by atoms with Crippen LogP contribution in [0.4, 0.5) is 5.69 Å². The van der Waals surface area contributed by atoms with E-state index in [0.717, 1.165) is 66.6 Å². The lowest BCUT2D eigenvalue weighted by Gasteiger charge is -2.24. The molecule has 0 aromatic heterocycles. The molecule has 0 bridgehead atoms. The van der Waals surface area contributed by atoms with Gasteiger partial charge in [-0.1, -0.05) is 0 Å². The van der Waals surface area contributed by atoms with E-state index in [1.807, 2.05) is 49.4 Å². The van der Waals surface area contributed by atoms with Crippen LogP contribution >= 0.6 is 0 Å². The summed E-state index contributed by atoms with van der Waals surface area (Å²) in [6.07, 6.45) is 4.24. The summed E-state index contributed by atoms with van der Waals surface area (Å²) in [4.78, 5) is 2.20. The Bertz CT molecular complexity index is 925. The van der Waals surface area contributed by atoms with Crippen LogP contribution in [-0.4, -0.2) is 49.4 Å². The molecule has 6 heteroatoms. The second-order valence-electron chi connectivity index (χ2n) is 7.78. The fourth-order valence-corrected chi connectivity index (χ4v) is 4.53. The minimum Gasteiger partial charge on any atom is -0.497 e. The van der Waals surface area contributed by atoms with E-state index in [1.54, 1.807) is 14.2 Å². The third kappa shape index (κ3) is 3.60. The molecular formula is C24H31N2O4+. The van der Waals surface area contributed by atoms with Crippen LogP contribution in [0.5, 0.6) is 17.2 Å². The van der Waals surface area contributed by atoms with Gasteiger partial charge in [0.15, 0.2) is 18.0 Å². The van der Waals surface area contributed by atoms with Gasteiger partial charge in [-0.05, 0) is 62.6 Å². The summed E-state index contributed by atoms with van der Waals surface area (Å²) in [6, 6.07) is 13.6. The lowest BCUT2D eigenvalue weighted by molar-refractivity contribution is -0.658. The molecule has 6 nitrogen and oxygen atoms in total. The first-order valence-electron chi connectivity index (χ1n) is 10.7. The summed E-state index contributed by atoms with van der Waals surface area (Å²) in [7, 11) is 3.34.